The monoisotopic (exact) mass is 249 g/mol. The zero-order valence-electron chi connectivity index (χ0n) is 10.5. The van der Waals surface area contributed by atoms with Gasteiger partial charge >= 0.3 is 0 Å². The number of primary amides is 1. The van der Waals surface area contributed by atoms with Crippen molar-refractivity contribution in [1.82, 2.24) is 9.88 Å². The number of hydrogen-bond donors (Lipinski definition) is 3. The Bertz CT molecular complexity index is 448. The number of carbonyl (C=O) groups excluding carboxylic acids is 1. The molecule has 98 valence electrons. The maximum atomic E-state index is 11.2. The van der Waals surface area contributed by atoms with Gasteiger partial charge in [-0.2, -0.15) is 0 Å². The molecule has 1 fully saturated rings. The predicted octanol–water partition coefficient (Wildman–Crippen LogP) is 0.269. The first-order valence-electron chi connectivity index (χ1n) is 6.06. The lowest BCUT2D eigenvalue weighted by molar-refractivity contribution is 0.100. The number of amides is 1. The van der Waals surface area contributed by atoms with Crippen molar-refractivity contribution in [2.75, 3.05) is 31.2 Å². The lowest BCUT2D eigenvalue weighted by Crippen LogP contribution is -2.39. The Labute approximate surface area is 106 Å². The molecular weight excluding hydrogens is 230 g/mol. The van der Waals surface area contributed by atoms with Crippen molar-refractivity contribution < 1.29 is 4.79 Å². The van der Waals surface area contributed by atoms with Crippen LogP contribution in [-0.4, -0.2) is 42.0 Å². The molecule has 18 heavy (non-hydrogen) atoms. The molecule has 1 aliphatic rings. The number of rotatable bonds is 3. The Morgan fingerprint density at radius 3 is 3.06 bits per heavy atom. The molecule has 0 radical (unpaired) electrons. The van der Waals surface area contributed by atoms with E-state index < -0.39 is 5.91 Å². The van der Waals surface area contributed by atoms with E-state index in [1.807, 2.05) is 0 Å². The van der Waals surface area contributed by atoms with Gasteiger partial charge in [-0.05, 0) is 32.5 Å². The minimum absolute atomic E-state index is 0.314. The van der Waals surface area contributed by atoms with Crippen LogP contribution in [-0.2, 0) is 0 Å². The van der Waals surface area contributed by atoms with Crippen LogP contribution in [0.4, 0.5) is 11.5 Å². The second-order valence-electron chi connectivity index (χ2n) is 4.77. The van der Waals surface area contributed by atoms with E-state index in [2.05, 4.69) is 22.2 Å². The van der Waals surface area contributed by atoms with Crippen LogP contribution in [0.1, 0.15) is 23.2 Å². The van der Waals surface area contributed by atoms with E-state index >= 15 is 0 Å². The van der Waals surface area contributed by atoms with Gasteiger partial charge in [-0.1, -0.05) is 0 Å². The summed E-state index contributed by atoms with van der Waals surface area (Å²) < 4.78 is 0. The van der Waals surface area contributed by atoms with E-state index in [0.29, 0.717) is 23.1 Å². The van der Waals surface area contributed by atoms with Crippen molar-refractivity contribution in [2.24, 2.45) is 5.73 Å². The minimum atomic E-state index is -0.529. The number of hydrogen-bond acceptors (Lipinski definition) is 5. The highest BCUT2D eigenvalue weighted by Gasteiger charge is 2.17. The number of piperidine rings is 1. The molecule has 5 N–H and O–H groups in total. The van der Waals surface area contributed by atoms with Gasteiger partial charge in [0.05, 0.1) is 17.4 Å². The predicted molar refractivity (Wildman–Crippen MR) is 71.3 cm³/mol. The SMILES string of the molecule is CN1CCCC(Nc2cc(C(N)=O)c(N)cn2)C1. The summed E-state index contributed by atoms with van der Waals surface area (Å²) in [4.78, 5) is 17.6. The molecule has 0 spiro atoms. The van der Waals surface area contributed by atoms with Crippen LogP contribution in [0.15, 0.2) is 12.3 Å². The molecule has 0 saturated carbocycles. The Morgan fingerprint density at radius 1 is 1.61 bits per heavy atom. The van der Waals surface area contributed by atoms with Gasteiger partial charge < -0.3 is 21.7 Å². The summed E-state index contributed by atoms with van der Waals surface area (Å²) in [6.07, 6.45) is 3.73. The Morgan fingerprint density at radius 2 is 2.39 bits per heavy atom. The quantitative estimate of drug-likeness (QED) is 0.714. The summed E-state index contributed by atoms with van der Waals surface area (Å²) in [7, 11) is 2.10. The maximum Gasteiger partial charge on any atom is 0.250 e. The van der Waals surface area contributed by atoms with Gasteiger partial charge in [0.15, 0.2) is 0 Å². The van der Waals surface area contributed by atoms with Crippen LogP contribution in [0.2, 0.25) is 0 Å². The third-order valence-electron chi connectivity index (χ3n) is 3.18. The molecule has 6 nitrogen and oxygen atoms in total. The van der Waals surface area contributed by atoms with Crippen molar-refractivity contribution in [2.45, 2.75) is 18.9 Å². The standard InChI is InChI=1S/C12H19N5O/c1-17-4-2-3-8(7-17)16-11-5-9(12(14)18)10(13)6-15-11/h5-6,8H,2-4,7,13H2,1H3,(H2,14,18)(H,15,16). The molecule has 2 heterocycles. The molecule has 0 bridgehead atoms. The fourth-order valence-electron chi connectivity index (χ4n) is 2.25. The van der Waals surface area contributed by atoms with Crippen molar-refractivity contribution in [3.05, 3.63) is 17.8 Å². The number of likely N-dealkylation sites (tertiary alicyclic amines) is 1. The van der Waals surface area contributed by atoms with E-state index in [4.69, 9.17) is 11.5 Å². The molecule has 1 aromatic heterocycles. The van der Waals surface area contributed by atoms with Crippen LogP contribution < -0.4 is 16.8 Å². The summed E-state index contributed by atoms with van der Waals surface area (Å²) in [5.41, 5.74) is 11.5. The molecule has 2 rings (SSSR count). The fourth-order valence-corrected chi connectivity index (χ4v) is 2.25. The van der Waals surface area contributed by atoms with E-state index in [9.17, 15) is 4.79 Å². The first-order valence-corrected chi connectivity index (χ1v) is 6.06. The number of nitrogen functional groups attached to an aromatic ring is 1. The highest BCUT2D eigenvalue weighted by molar-refractivity contribution is 5.98. The first-order chi connectivity index (χ1) is 8.56. The normalized spacial score (nSPS) is 20.6. The zero-order chi connectivity index (χ0) is 13.1. The van der Waals surface area contributed by atoms with E-state index in [1.165, 1.54) is 6.20 Å². The summed E-state index contributed by atoms with van der Waals surface area (Å²) in [6.45, 7) is 2.10. The number of nitrogens with one attached hydrogen (secondary N) is 1. The topological polar surface area (TPSA) is 97.3 Å². The second kappa shape index (κ2) is 5.22. The maximum absolute atomic E-state index is 11.2. The fraction of sp³-hybridized carbons (Fsp3) is 0.500. The van der Waals surface area contributed by atoms with Crippen LogP contribution >= 0.6 is 0 Å². The number of pyridine rings is 1. The second-order valence-corrected chi connectivity index (χ2v) is 4.77. The largest absolute Gasteiger partial charge is 0.397 e. The van der Waals surface area contributed by atoms with Gasteiger partial charge in [-0.15, -0.1) is 0 Å². The highest BCUT2D eigenvalue weighted by atomic mass is 16.1. The molecular formula is C12H19N5O. The lowest BCUT2D eigenvalue weighted by Gasteiger charge is -2.30. The molecule has 6 heteroatoms. The number of carbonyl (C=O) groups is 1. The molecule has 1 atom stereocenters. The van der Waals surface area contributed by atoms with Gasteiger partial charge in [0.25, 0.3) is 5.91 Å². The Kier molecular flexibility index (Phi) is 3.66. The summed E-state index contributed by atoms with van der Waals surface area (Å²) in [5, 5.41) is 3.32. The molecule has 1 aromatic rings. The summed E-state index contributed by atoms with van der Waals surface area (Å²) in [6, 6.07) is 1.97. The first kappa shape index (κ1) is 12.6. The molecule has 1 amide bonds. The molecule has 1 saturated heterocycles. The van der Waals surface area contributed by atoms with E-state index in [1.54, 1.807) is 6.07 Å². The highest BCUT2D eigenvalue weighted by Crippen LogP contribution is 2.17. The van der Waals surface area contributed by atoms with Crippen LogP contribution in [0, 0.1) is 0 Å². The number of nitrogens with two attached hydrogens (primary N) is 2. The number of aromatic nitrogens is 1. The smallest absolute Gasteiger partial charge is 0.250 e. The Balaban J connectivity index is 2.09. The van der Waals surface area contributed by atoms with Crippen LogP contribution in [0.5, 0.6) is 0 Å². The third kappa shape index (κ3) is 2.89. The molecule has 1 aliphatic heterocycles. The lowest BCUT2D eigenvalue weighted by atomic mass is 10.1. The number of likely N-dealkylation sites (N-methyl/N-ethyl adjacent to an activating group) is 1. The average molecular weight is 249 g/mol. The number of anilines is 2. The van der Waals surface area contributed by atoms with Crippen molar-refractivity contribution in [1.29, 1.82) is 0 Å². The Hall–Kier alpha value is -1.82. The molecule has 1 unspecified atom stereocenters. The average Bonchev–Trinajstić information content (AvgIpc) is 2.31. The van der Waals surface area contributed by atoms with E-state index in [0.717, 1.165) is 25.9 Å². The van der Waals surface area contributed by atoms with Crippen molar-refractivity contribution in [3.63, 3.8) is 0 Å². The van der Waals surface area contributed by atoms with Crippen molar-refractivity contribution >= 4 is 17.4 Å². The van der Waals surface area contributed by atoms with Gasteiger partial charge in [0, 0.05) is 12.6 Å². The zero-order valence-corrected chi connectivity index (χ0v) is 10.5. The van der Waals surface area contributed by atoms with Crippen LogP contribution in [0.25, 0.3) is 0 Å². The van der Waals surface area contributed by atoms with Crippen molar-refractivity contribution in [3.8, 4) is 0 Å². The van der Waals surface area contributed by atoms with Gasteiger partial charge in [-0.25, -0.2) is 4.98 Å². The van der Waals surface area contributed by atoms with Gasteiger partial charge in [0.1, 0.15) is 5.82 Å². The number of nitrogens with zero attached hydrogens (tertiary/aromatic N) is 2. The summed E-state index contributed by atoms with van der Waals surface area (Å²) in [5.74, 6) is 0.122. The van der Waals surface area contributed by atoms with Crippen LogP contribution in [0.3, 0.4) is 0 Å². The summed E-state index contributed by atoms with van der Waals surface area (Å²) >= 11 is 0. The van der Waals surface area contributed by atoms with Gasteiger partial charge in [-0.3, -0.25) is 4.79 Å². The third-order valence-corrected chi connectivity index (χ3v) is 3.18. The molecule has 0 aromatic carbocycles. The minimum Gasteiger partial charge on any atom is -0.397 e. The molecule has 0 aliphatic carbocycles. The van der Waals surface area contributed by atoms with Gasteiger partial charge in [0.2, 0.25) is 0 Å². The van der Waals surface area contributed by atoms with E-state index in [-0.39, 0.29) is 0 Å².